The smallest absolute Gasteiger partial charge is 0.220 e. The number of amides is 1. The standard InChI is InChI=1S/C71H115NO13/c1-3-5-7-9-11-13-15-17-18-19-20-21-22-23-24-25-26-27-28-29-30-31-32-33-34-35-36-37-38-39-40-41-42-43-45-47-49-51-53-55-63(76)72-59(60(75)54-52-50-48-46-44-16-14-12-10-8-6-4-2)58-82-70-68(81)66(79)69(62(57-74)84-70)85-71-67(80)65(78)64(77)61(56-73)83-71/h5,7,11,13,17-18,20-21,23-24,26-27,29-30,32-33,35-36,38-39,41-42,45,47,59-62,64-71,73-75,77-81H,3-4,6,8-10,12,14-16,19,22,25,28,31,34,37,40,43-44,46,48-58H2,1-2H3,(H,72,76)/b7-5-,13-11-,18-17-,21-20-,24-23-,27-26-,30-29-,33-32-,36-35-,39-38-,42-41-,47-45-. The van der Waals surface area contributed by atoms with Crippen LogP contribution in [-0.2, 0) is 23.7 Å². The lowest BCUT2D eigenvalue weighted by Crippen LogP contribution is -2.65. The van der Waals surface area contributed by atoms with Crippen LogP contribution in [-0.4, -0.2) is 140 Å². The van der Waals surface area contributed by atoms with Gasteiger partial charge in [0.15, 0.2) is 12.6 Å². The summed E-state index contributed by atoms with van der Waals surface area (Å²) in [5, 5.41) is 87.2. The van der Waals surface area contributed by atoms with Crippen LogP contribution in [0.2, 0.25) is 0 Å². The van der Waals surface area contributed by atoms with Crippen molar-refractivity contribution >= 4 is 5.91 Å². The number of ether oxygens (including phenoxy) is 4. The van der Waals surface area contributed by atoms with Crippen molar-refractivity contribution in [3.63, 3.8) is 0 Å². The Morgan fingerprint density at radius 1 is 0.435 bits per heavy atom. The maximum Gasteiger partial charge on any atom is 0.220 e. The molecule has 0 aliphatic carbocycles. The second kappa shape index (κ2) is 54.1. The molecule has 2 aliphatic rings. The molecule has 85 heavy (non-hydrogen) atoms. The summed E-state index contributed by atoms with van der Waals surface area (Å²) >= 11 is 0. The number of aliphatic hydroxyl groups is 8. The highest BCUT2D eigenvalue weighted by atomic mass is 16.7. The molecule has 0 aromatic heterocycles. The molecule has 0 aromatic rings. The van der Waals surface area contributed by atoms with E-state index in [9.17, 15) is 45.6 Å². The fourth-order valence-corrected chi connectivity index (χ4v) is 9.63. The van der Waals surface area contributed by atoms with E-state index in [0.717, 1.165) is 116 Å². The number of aliphatic hydroxyl groups excluding tert-OH is 8. The molecule has 1 amide bonds. The van der Waals surface area contributed by atoms with Gasteiger partial charge in [-0.1, -0.05) is 237 Å². The molecule has 2 aliphatic heterocycles. The maximum atomic E-state index is 13.3. The summed E-state index contributed by atoms with van der Waals surface area (Å²) in [7, 11) is 0. The van der Waals surface area contributed by atoms with Crippen molar-refractivity contribution in [1.29, 1.82) is 0 Å². The van der Waals surface area contributed by atoms with E-state index in [2.05, 4.69) is 165 Å². The van der Waals surface area contributed by atoms with E-state index < -0.39 is 86.8 Å². The van der Waals surface area contributed by atoms with Crippen LogP contribution in [0.1, 0.15) is 200 Å². The quantitative estimate of drug-likeness (QED) is 0.0204. The van der Waals surface area contributed by atoms with Crippen LogP contribution in [0.15, 0.2) is 146 Å². The van der Waals surface area contributed by atoms with Gasteiger partial charge >= 0.3 is 0 Å². The highest BCUT2D eigenvalue weighted by molar-refractivity contribution is 5.76. The van der Waals surface area contributed by atoms with Crippen LogP contribution >= 0.6 is 0 Å². The van der Waals surface area contributed by atoms with Crippen molar-refractivity contribution in [3.8, 4) is 0 Å². The number of rotatable bonds is 50. The number of nitrogens with one attached hydrogen (secondary N) is 1. The van der Waals surface area contributed by atoms with Crippen LogP contribution in [0, 0.1) is 0 Å². The van der Waals surface area contributed by atoms with Crippen LogP contribution in [0.3, 0.4) is 0 Å². The minimum absolute atomic E-state index is 0.239. The molecule has 0 aromatic carbocycles. The summed E-state index contributed by atoms with van der Waals surface area (Å²) in [6.45, 7) is 2.68. The van der Waals surface area contributed by atoms with Crippen LogP contribution < -0.4 is 5.32 Å². The molecule has 12 atom stereocenters. The first-order chi connectivity index (χ1) is 41.6. The second-order valence-electron chi connectivity index (χ2n) is 22.2. The average molecular weight is 1190 g/mol. The zero-order chi connectivity index (χ0) is 61.6. The summed E-state index contributed by atoms with van der Waals surface area (Å²) in [6.07, 6.45) is 64.4. The highest BCUT2D eigenvalue weighted by Crippen LogP contribution is 2.30. The van der Waals surface area contributed by atoms with Gasteiger partial charge in [-0.2, -0.15) is 0 Å². The van der Waals surface area contributed by atoms with Gasteiger partial charge in [-0.3, -0.25) is 4.79 Å². The molecule has 0 radical (unpaired) electrons. The fraction of sp³-hybridized carbons (Fsp3) is 0.648. The molecule has 0 spiro atoms. The largest absolute Gasteiger partial charge is 0.394 e. The molecule has 2 rings (SSSR count). The molecule has 14 heteroatoms. The number of carbonyl (C=O) groups excluding carboxylic acids is 1. The lowest BCUT2D eigenvalue weighted by Gasteiger charge is -2.46. The van der Waals surface area contributed by atoms with Crippen molar-refractivity contribution < 1.29 is 64.6 Å². The molecule has 2 fully saturated rings. The van der Waals surface area contributed by atoms with E-state index in [0.29, 0.717) is 12.8 Å². The monoisotopic (exact) mass is 1190 g/mol. The number of unbranched alkanes of at least 4 members (excludes halogenated alkanes) is 13. The molecule has 482 valence electrons. The van der Waals surface area contributed by atoms with Crippen LogP contribution in [0.25, 0.3) is 0 Å². The Morgan fingerprint density at radius 2 is 0.812 bits per heavy atom. The Balaban J connectivity index is 1.66. The topological polar surface area (TPSA) is 228 Å². The summed E-state index contributed by atoms with van der Waals surface area (Å²) in [5.41, 5.74) is 0. The Hall–Kier alpha value is -4.13. The molecular formula is C71H115NO13. The summed E-state index contributed by atoms with van der Waals surface area (Å²) in [4.78, 5) is 13.3. The first kappa shape index (κ1) is 77.0. The lowest BCUT2D eigenvalue weighted by molar-refractivity contribution is -0.359. The van der Waals surface area contributed by atoms with E-state index in [-0.39, 0.29) is 18.9 Å². The first-order valence-electron chi connectivity index (χ1n) is 32.6. The van der Waals surface area contributed by atoms with Crippen molar-refractivity contribution in [2.45, 2.75) is 274 Å². The normalized spacial score (nSPS) is 24.5. The summed E-state index contributed by atoms with van der Waals surface area (Å²) in [6, 6.07) is -0.862. The van der Waals surface area contributed by atoms with Gasteiger partial charge in [0, 0.05) is 6.42 Å². The molecule has 9 N–H and O–H groups in total. The lowest BCUT2D eigenvalue weighted by atomic mass is 9.97. The van der Waals surface area contributed by atoms with Gasteiger partial charge in [0.1, 0.15) is 48.8 Å². The minimum Gasteiger partial charge on any atom is -0.394 e. The van der Waals surface area contributed by atoms with Crippen molar-refractivity contribution in [1.82, 2.24) is 5.32 Å². The van der Waals surface area contributed by atoms with Crippen LogP contribution in [0.4, 0.5) is 0 Å². The van der Waals surface area contributed by atoms with Crippen molar-refractivity contribution in [3.05, 3.63) is 146 Å². The van der Waals surface area contributed by atoms with Crippen molar-refractivity contribution in [2.75, 3.05) is 19.8 Å². The second-order valence-corrected chi connectivity index (χ2v) is 22.2. The minimum atomic E-state index is -1.79. The van der Waals surface area contributed by atoms with E-state index >= 15 is 0 Å². The Morgan fingerprint density at radius 3 is 1.22 bits per heavy atom. The van der Waals surface area contributed by atoms with E-state index in [1.807, 2.05) is 0 Å². The number of allylic oxidation sites excluding steroid dienone is 24. The van der Waals surface area contributed by atoms with Gasteiger partial charge < -0.3 is 65.1 Å². The number of carbonyl (C=O) groups is 1. The Bertz CT molecular complexity index is 1980. The third-order valence-corrected chi connectivity index (χ3v) is 14.8. The third-order valence-electron chi connectivity index (χ3n) is 14.8. The molecule has 0 bridgehead atoms. The summed E-state index contributed by atoms with van der Waals surface area (Å²) < 4.78 is 22.8. The predicted octanol–water partition coefficient (Wildman–Crippen LogP) is 12.5. The molecule has 2 heterocycles. The van der Waals surface area contributed by atoms with Gasteiger partial charge in [-0.25, -0.2) is 0 Å². The highest BCUT2D eigenvalue weighted by Gasteiger charge is 2.51. The van der Waals surface area contributed by atoms with Crippen LogP contribution in [0.5, 0.6) is 0 Å². The van der Waals surface area contributed by atoms with E-state index in [1.54, 1.807) is 0 Å². The third kappa shape index (κ3) is 38.7. The molecule has 0 saturated carbocycles. The Kier molecular flexibility index (Phi) is 48.9. The first-order valence-corrected chi connectivity index (χ1v) is 32.6. The Labute approximate surface area is 513 Å². The van der Waals surface area contributed by atoms with E-state index in [4.69, 9.17) is 18.9 Å². The average Bonchev–Trinajstić information content (AvgIpc) is 3.60. The fourth-order valence-electron chi connectivity index (χ4n) is 9.63. The van der Waals surface area contributed by atoms with Gasteiger partial charge in [0.25, 0.3) is 0 Å². The van der Waals surface area contributed by atoms with Gasteiger partial charge in [-0.15, -0.1) is 0 Å². The maximum absolute atomic E-state index is 13.3. The molecular weight excluding hydrogens is 1070 g/mol. The van der Waals surface area contributed by atoms with Crippen molar-refractivity contribution in [2.24, 2.45) is 0 Å². The zero-order valence-electron chi connectivity index (χ0n) is 52.0. The summed E-state index contributed by atoms with van der Waals surface area (Å²) in [5.74, 6) is -0.256. The zero-order valence-corrected chi connectivity index (χ0v) is 52.0. The van der Waals surface area contributed by atoms with Gasteiger partial charge in [-0.05, 0) is 103 Å². The molecule has 14 nitrogen and oxygen atoms in total. The van der Waals surface area contributed by atoms with Gasteiger partial charge in [0.05, 0.1) is 32.0 Å². The van der Waals surface area contributed by atoms with Gasteiger partial charge in [0.2, 0.25) is 5.91 Å². The SMILES string of the molecule is CC/C=C\C/C=C\C/C=C\C/C=C\C/C=C\C/C=C\C/C=C\C/C=C\C/C=C\C/C=C\C/C=C\C/C=C\CCCCC(=O)NC(COC1OC(CO)C(OC2OC(CO)C(O)C(O)C2O)C(O)C1O)C(O)CCCCCCCCCCCCCC. The number of hydrogen-bond acceptors (Lipinski definition) is 13. The molecule has 12 unspecified atom stereocenters. The number of hydrogen-bond donors (Lipinski definition) is 9. The van der Waals surface area contributed by atoms with E-state index in [1.165, 1.54) is 51.4 Å². The predicted molar refractivity (Wildman–Crippen MR) is 345 cm³/mol. The molecule has 2 saturated heterocycles.